The minimum atomic E-state index is -0.0589. The van der Waals surface area contributed by atoms with Crippen molar-refractivity contribution >= 4 is 34.8 Å². The molecule has 0 bridgehead atoms. The minimum Gasteiger partial charge on any atom is -0.508 e. The van der Waals surface area contributed by atoms with Crippen LogP contribution in [0.1, 0.15) is 0 Å². The molecule has 1 N–H and O–H groups in total. The Morgan fingerprint density at radius 2 is 1.68 bits per heavy atom. The summed E-state index contributed by atoms with van der Waals surface area (Å²) in [6, 6.07) is 12.0. The molecule has 0 aliphatic carbocycles. The van der Waals surface area contributed by atoms with E-state index < -0.39 is 0 Å². The maximum Gasteiger partial charge on any atom is 0.260 e. The fraction of sp³-hybridized carbons (Fsp3) is 0.278. The van der Waals surface area contributed by atoms with Gasteiger partial charge in [-0.05, 0) is 36.4 Å². The smallest absolute Gasteiger partial charge is 0.260 e. The van der Waals surface area contributed by atoms with Crippen LogP contribution in [0, 0.1) is 0 Å². The Bertz CT molecular complexity index is 744. The molecule has 0 unspecified atom stereocenters. The van der Waals surface area contributed by atoms with Crippen LogP contribution in [0.2, 0.25) is 10.0 Å². The van der Waals surface area contributed by atoms with Crippen LogP contribution >= 0.6 is 23.2 Å². The highest BCUT2D eigenvalue weighted by Gasteiger charge is 2.21. The standard InChI is InChI=1S/C18H18Cl2N2O3/c19-16-6-5-15(11-17(16)20)25-12-18(24)22-9-7-21(8-10-22)13-1-3-14(23)4-2-13/h1-6,11,23H,7-10,12H2. The van der Waals surface area contributed by atoms with Gasteiger partial charge in [-0.3, -0.25) is 4.79 Å². The van der Waals surface area contributed by atoms with Crippen LogP contribution in [0.3, 0.4) is 0 Å². The summed E-state index contributed by atoms with van der Waals surface area (Å²) in [6.45, 7) is 2.71. The molecule has 2 aromatic carbocycles. The fourth-order valence-electron chi connectivity index (χ4n) is 2.68. The summed E-state index contributed by atoms with van der Waals surface area (Å²) in [4.78, 5) is 16.3. The van der Waals surface area contributed by atoms with Gasteiger partial charge in [0.2, 0.25) is 0 Å². The largest absolute Gasteiger partial charge is 0.508 e. The maximum absolute atomic E-state index is 12.3. The van der Waals surface area contributed by atoms with Gasteiger partial charge in [0.1, 0.15) is 11.5 Å². The number of halogens is 2. The first-order valence-electron chi connectivity index (χ1n) is 7.92. The highest BCUT2D eigenvalue weighted by Crippen LogP contribution is 2.26. The molecule has 1 aliphatic heterocycles. The summed E-state index contributed by atoms with van der Waals surface area (Å²) in [5.41, 5.74) is 1.04. The molecule has 1 heterocycles. The molecule has 0 radical (unpaired) electrons. The van der Waals surface area contributed by atoms with Crippen molar-refractivity contribution < 1.29 is 14.6 Å². The third-order valence-corrected chi connectivity index (χ3v) is 4.84. The second-order valence-corrected chi connectivity index (χ2v) is 6.56. The second kappa shape index (κ2) is 7.85. The zero-order chi connectivity index (χ0) is 17.8. The van der Waals surface area contributed by atoms with Crippen LogP contribution in [0.15, 0.2) is 42.5 Å². The van der Waals surface area contributed by atoms with E-state index in [0.29, 0.717) is 28.9 Å². The van der Waals surface area contributed by atoms with Gasteiger partial charge < -0.3 is 19.6 Å². The van der Waals surface area contributed by atoms with E-state index in [0.717, 1.165) is 18.8 Å². The number of aromatic hydroxyl groups is 1. The number of carbonyl (C=O) groups is 1. The third kappa shape index (κ3) is 4.50. The summed E-state index contributed by atoms with van der Waals surface area (Å²) in [6.07, 6.45) is 0. The molecule has 5 nitrogen and oxygen atoms in total. The van der Waals surface area contributed by atoms with Crippen molar-refractivity contribution in [2.75, 3.05) is 37.7 Å². The summed E-state index contributed by atoms with van der Waals surface area (Å²) < 4.78 is 5.51. The predicted octanol–water partition coefficient (Wildman–Crippen LogP) is 3.43. The van der Waals surface area contributed by atoms with E-state index in [1.165, 1.54) is 0 Å². The van der Waals surface area contributed by atoms with Crippen molar-refractivity contribution in [3.63, 3.8) is 0 Å². The summed E-state index contributed by atoms with van der Waals surface area (Å²) in [7, 11) is 0. The molecule has 0 saturated carbocycles. The van der Waals surface area contributed by atoms with Crippen LogP contribution < -0.4 is 9.64 Å². The molecular formula is C18H18Cl2N2O3. The van der Waals surface area contributed by atoms with Crippen molar-refractivity contribution in [2.45, 2.75) is 0 Å². The van der Waals surface area contributed by atoms with Crippen LogP contribution in [0.5, 0.6) is 11.5 Å². The number of rotatable bonds is 4. The van der Waals surface area contributed by atoms with E-state index in [4.69, 9.17) is 27.9 Å². The number of benzene rings is 2. The zero-order valence-corrected chi connectivity index (χ0v) is 15.0. The fourth-order valence-corrected chi connectivity index (χ4v) is 2.97. The van der Waals surface area contributed by atoms with E-state index in [-0.39, 0.29) is 18.3 Å². The first-order chi connectivity index (χ1) is 12.0. The molecule has 0 spiro atoms. The van der Waals surface area contributed by atoms with E-state index in [1.807, 2.05) is 12.1 Å². The number of phenols is 1. The summed E-state index contributed by atoms with van der Waals surface area (Å²) >= 11 is 11.8. The molecule has 7 heteroatoms. The zero-order valence-electron chi connectivity index (χ0n) is 13.5. The van der Waals surface area contributed by atoms with Gasteiger partial charge >= 0.3 is 0 Å². The van der Waals surface area contributed by atoms with Gasteiger partial charge in [-0.25, -0.2) is 0 Å². The average molecular weight is 381 g/mol. The van der Waals surface area contributed by atoms with Crippen LogP contribution in [-0.4, -0.2) is 48.7 Å². The number of phenolic OH excluding ortho intramolecular Hbond substituents is 1. The lowest BCUT2D eigenvalue weighted by Gasteiger charge is -2.36. The van der Waals surface area contributed by atoms with E-state index >= 15 is 0 Å². The van der Waals surface area contributed by atoms with Gasteiger partial charge in [0, 0.05) is 37.9 Å². The molecule has 132 valence electrons. The number of piperazine rings is 1. The van der Waals surface area contributed by atoms with Gasteiger partial charge in [0.15, 0.2) is 6.61 Å². The number of hydrogen-bond donors (Lipinski definition) is 1. The van der Waals surface area contributed by atoms with Gasteiger partial charge in [-0.1, -0.05) is 23.2 Å². The highest BCUT2D eigenvalue weighted by molar-refractivity contribution is 6.42. The van der Waals surface area contributed by atoms with Crippen LogP contribution in [0.4, 0.5) is 5.69 Å². The molecule has 0 atom stereocenters. The Kier molecular flexibility index (Phi) is 5.56. The SMILES string of the molecule is O=C(COc1ccc(Cl)c(Cl)c1)N1CCN(c2ccc(O)cc2)CC1. The molecule has 1 amide bonds. The number of carbonyl (C=O) groups excluding carboxylic acids is 1. The second-order valence-electron chi connectivity index (χ2n) is 5.75. The monoisotopic (exact) mass is 380 g/mol. The third-order valence-electron chi connectivity index (χ3n) is 4.10. The Morgan fingerprint density at radius 1 is 1.00 bits per heavy atom. The van der Waals surface area contributed by atoms with Crippen molar-refractivity contribution in [3.8, 4) is 11.5 Å². The van der Waals surface area contributed by atoms with Crippen LogP contribution in [0.25, 0.3) is 0 Å². The van der Waals surface area contributed by atoms with Crippen molar-refractivity contribution in [2.24, 2.45) is 0 Å². The van der Waals surface area contributed by atoms with Crippen LogP contribution in [-0.2, 0) is 4.79 Å². The summed E-state index contributed by atoms with van der Waals surface area (Å²) in [5, 5.41) is 10.2. The van der Waals surface area contributed by atoms with E-state index in [2.05, 4.69) is 4.90 Å². The Morgan fingerprint density at radius 3 is 2.32 bits per heavy atom. The van der Waals surface area contributed by atoms with Gasteiger partial charge in [-0.15, -0.1) is 0 Å². The molecule has 25 heavy (non-hydrogen) atoms. The first-order valence-corrected chi connectivity index (χ1v) is 8.68. The quantitative estimate of drug-likeness (QED) is 0.882. The molecule has 1 saturated heterocycles. The van der Waals surface area contributed by atoms with E-state index in [1.54, 1.807) is 35.2 Å². The molecule has 1 fully saturated rings. The minimum absolute atomic E-state index is 0.0306. The Balaban J connectivity index is 1.49. The van der Waals surface area contributed by atoms with Gasteiger partial charge in [0.05, 0.1) is 10.0 Å². The maximum atomic E-state index is 12.3. The van der Waals surface area contributed by atoms with Gasteiger partial charge in [0.25, 0.3) is 5.91 Å². The molecule has 2 aromatic rings. The van der Waals surface area contributed by atoms with Crippen molar-refractivity contribution in [3.05, 3.63) is 52.5 Å². The molecule has 0 aromatic heterocycles. The predicted molar refractivity (Wildman–Crippen MR) is 98.9 cm³/mol. The lowest BCUT2D eigenvalue weighted by molar-refractivity contribution is -0.133. The Labute approximate surface area is 156 Å². The van der Waals surface area contributed by atoms with Crippen molar-refractivity contribution in [1.29, 1.82) is 0 Å². The number of amides is 1. The van der Waals surface area contributed by atoms with E-state index in [9.17, 15) is 9.90 Å². The lowest BCUT2D eigenvalue weighted by Crippen LogP contribution is -2.50. The number of anilines is 1. The number of hydrogen-bond acceptors (Lipinski definition) is 4. The normalized spacial score (nSPS) is 14.5. The van der Waals surface area contributed by atoms with Crippen molar-refractivity contribution in [1.82, 2.24) is 4.90 Å². The number of ether oxygens (including phenoxy) is 1. The topological polar surface area (TPSA) is 53.0 Å². The number of nitrogens with zero attached hydrogens (tertiary/aromatic N) is 2. The molecular weight excluding hydrogens is 363 g/mol. The summed E-state index contributed by atoms with van der Waals surface area (Å²) in [5.74, 6) is 0.707. The Hall–Kier alpha value is -2.11. The highest BCUT2D eigenvalue weighted by atomic mass is 35.5. The van der Waals surface area contributed by atoms with Gasteiger partial charge in [-0.2, -0.15) is 0 Å². The first kappa shape index (κ1) is 17.7. The molecule has 1 aliphatic rings. The molecule has 3 rings (SSSR count). The average Bonchev–Trinajstić information content (AvgIpc) is 2.63. The lowest BCUT2D eigenvalue weighted by atomic mass is 10.2.